The first-order chi connectivity index (χ1) is 9.67. The Morgan fingerprint density at radius 1 is 1.50 bits per heavy atom. The monoisotopic (exact) mass is 277 g/mol. The molecule has 0 saturated carbocycles. The van der Waals surface area contributed by atoms with Crippen molar-refractivity contribution in [3.63, 3.8) is 0 Å². The normalized spacial score (nSPS) is 11.8. The lowest BCUT2D eigenvalue weighted by Crippen LogP contribution is -2.22. The van der Waals surface area contributed by atoms with Gasteiger partial charge in [0.2, 0.25) is 0 Å². The van der Waals surface area contributed by atoms with E-state index < -0.39 is 0 Å². The second-order valence-electron chi connectivity index (χ2n) is 4.35. The first-order valence-electron chi connectivity index (χ1n) is 6.44. The number of nitrogens with zero attached hydrogens (tertiary/aromatic N) is 6. The van der Waals surface area contributed by atoms with Gasteiger partial charge in [-0.25, -0.2) is 4.98 Å². The fourth-order valence-electron chi connectivity index (χ4n) is 1.69. The van der Waals surface area contributed by atoms with Gasteiger partial charge in [0.05, 0.1) is 12.7 Å². The zero-order valence-electron chi connectivity index (χ0n) is 11.7. The number of aliphatic imine (C=N–C) groups is 1. The fraction of sp³-hybridized carbons (Fsp3) is 0.545. The van der Waals surface area contributed by atoms with E-state index in [1.807, 2.05) is 6.92 Å². The molecular formula is C11H19N9. The van der Waals surface area contributed by atoms with Crippen LogP contribution in [0.1, 0.15) is 24.5 Å². The maximum absolute atomic E-state index is 5.55. The molecule has 0 amide bonds. The van der Waals surface area contributed by atoms with E-state index in [2.05, 4.69) is 35.7 Å². The molecule has 20 heavy (non-hydrogen) atoms. The number of aryl methyl sites for hydroxylation is 3. The van der Waals surface area contributed by atoms with Crippen LogP contribution in [-0.2, 0) is 13.0 Å². The lowest BCUT2D eigenvalue weighted by Gasteiger charge is -2.00. The molecular weight excluding hydrogens is 258 g/mol. The minimum atomic E-state index is 0.317. The Bertz CT molecular complexity index is 568. The van der Waals surface area contributed by atoms with Gasteiger partial charge in [0.1, 0.15) is 5.82 Å². The largest absolute Gasteiger partial charge is 0.370 e. The van der Waals surface area contributed by atoms with Crippen LogP contribution in [0.4, 0.5) is 5.82 Å². The predicted molar refractivity (Wildman–Crippen MR) is 75.2 cm³/mol. The van der Waals surface area contributed by atoms with Crippen molar-refractivity contribution in [3.05, 3.63) is 17.8 Å². The Kier molecular flexibility index (Phi) is 4.64. The number of nitrogens with one attached hydrogen (secondary N) is 2. The molecule has 9 heteroatoms. The number of guanidine groups is 1. The van der Waals surface area contributed by atoms with E-state index >= 15 is 0 Å². The van der Waals surface area contributed by atoms with Gasteiger partial charge in [-0.1, -0.05) is 0 Å². The van der Waals surface area contributed by atoms with Crippen LogP contribution in [0.2, 0.25) is 0 Å². The molecule has 0 aromatic carbocycles. The molecule has 0 aliphatic heterocycles. The number of aromatic amines is 1. The third-order valence-corrected chi connectivity index (χ3v) is 2.69. The SMILES string of the molecule is CN=C(N)Nc1cnn(CCCCc2n[nH]c(C)n2)n1. The van der Waals surface area contributed by atoms with Crippen molar-refractivity contribution < 1.29 is 0 Å². The smallest absolute Gasteiger partial charge is 0.194 e. The van der Waals surface area contributed by atoms with Gasteiger partial charge in [0.25, 0.3) is 0 Å². The summed E-state index contributed by atoms with van der Waals surface area (Å²) in [5, 5.41) is 18.2. The molecule has 2 aromatic heterocycles. The minimum absolute atomic E-state index is 0.317. The molecule has 0 fully saturated rings. The van der Waals surface area contributed by atoms with E-state index in [1.165, 1.54) is 0 Å². The number of aromatic nitrogens is 6. The molecule has 0 aliphatic rings. The summed E-state index contributed by atoms with van der Waals surface area (Å²) in [6, 6.07) is 0. The van der Waals surface area contributed by atoms with Gasteiger partial charge in [-0.2, -0.15) is 15.0 Å². The van der Waals surface area contributed by atoms with Crippen LogP contribution >= 0.6 is 0 Å². The number of hydrogen-bond acceptors (Lipinski definition) is 5. The first kappa shape index (κ1) is 14.0. The predicted octanol–water partition coefficient (Wildman–Crippen LogP) is 0.0839. The van der Waals surface area contributed by atoms with Crippen molar-refractivity contribution in [2.24, 2.45) is 10.7 Å². The highest BCUT2D eigenvalue weighted by molar-refractivity contribution is 5.90. The average Bonchev–Trinajstić information content (AvgIpc) is 3.04. The Balaban J connectivity index is 1.71. The van der Waals surface area contributed by atoms with E-state index in [-0.39, 0.29) is 0 Å². The van der Waals surface area contributed by atoms with Gasteiger partial charge in [-0.3, -0.25) is 10.1 Å². The Labute approximate surface area is 116 Å². The number of H-pyrrole nitrogens is 1. The van der Waals surface area contributed by atoms with E-state index in [0.29, 0.717) is 11.8 Å². The Morgan fingerprint density at radius 2 is 2.35 bits per heavy atom. The van der Waals surface area contributed by atoms with Crippen molar-refractivity contribution >= 4 is 11.8 Å². The number of hydrogen-bond donors (Lipinski definition) is 3. The maximum Gasteiger partial charge on any atom is 0.194 e. The van der Waals surface area contributed by atoms with Crippen LogP contribution in [-0.4, -0.2) is 43.2 Å². The number of nitrogens with two attached hydrogens (primary N) is 1. The summed E-state index contributed by atoms with van der Waals surface area (Å²) in [7, 11) is 1.61. The summed E-state index contributed by atoms with van der Waals surface area (Å²) in [5.41, 5.74) is 5.55. The summed E-state index contributed by atoms with van der Waals surface area (Å²) in [6.45, 7) is 2.64. The standard InChI is InChI=1S/C11H19N9/c1-8-15-9(18-17-8)5-3-4-6-20-14-7-10(19-20)16-11(12)13-2/h7H,3-6H2,1-2H3,(H,15,17,18)(H3,12,13,16,19). The lowest BCUT2D eigenvalue weighted by molar-refractivity contribution is 0.498. The van der Waals surface area contributed by atoms with Crippen molar-refractivity contribution in [1.29, 1.82) is 0 Å². The molecule has 2 heterocycles. The lowest BCUT2D eigenvalue weighted by atomic mass is 10.2. The molecule has 0 aliphatic carbocycles. The maximum atomic E-state index is 5.55. The van der Waals surface area contributed by atoms with E-state index in [4.69, 9.17) is 5.73 Å². The molecule has 2 aromatic rings. The second kappa shape index (κ2) is 6.64. The van der Waals surface area contributed by atoms with Gasteiger partial charge in [-0.15, -0.1) is 5.10 Å². The highest BCUT2D eigenvalue weighted by Gasteiger charge is 2.03. The van der Waals surface area contributed by atoms with Gasteiger partial charge in [-0.05, 0) is 19.8 Å². The van der Waals surface area contributed by atoms with Crippen molar-refractivity contribution in [3.8, 4) is 0 Å². The van der Waals surface area contributed by atoms with Crippen molar-refractivity contribution in [2.45, 2.75) is 32.7 Å². The summed E-state index contributed by atoms with van der Waals surface area (Å²) >= 11 is 0. The molecule has 0 spiro atoms. The molecule has 2 rings (SSSR count). The van der Waals surface area contributed by atoms with Crippen molar-refractivity contribution in [2.75, 3.05) is 12.4 Å². The number of unbranched alkanes of at least 4 members (excludes halogenated alkanes) is 1. The molecule has 0 atom stereocenters. The Morgan fingerprint density at radius 3 is 3.05 bits per heavy atom. The number of rotatable bonds is 6. The molecule has 0 saturated heterocycles. The second-order valence-corrected chi connectivity index (χ2v) is 4.35. The molecule has 0 unspecified atom stereocenters. The van der Waals surface area contributed by atoms with Crippen LogP contribution in [0.3, 0.4) is 0 Å². The third kappa shape index (κ3) is 4.04. The quantitative estimate of drug-likeness (QED) is 0.390. The molecule has 9 nitrogen and oxygen atoms in total. The molecule has 4 N–H and O–H groups in total. The third-order valence-electron chi connectivity index (χ3n) is 2.69. The average molecular weight is 277 g/mol. The van der Waals surface area contributed by atoms with Gasteiger partial charge in [0, 0.05) is 13.5 Å². The fourth-order valence-corrected chi connectivity index (χ4v) is 1.69. The van der Waals surface area contributed by atoms with Gasteiger partial charge in [0.15, 0.2) is 17.6 Å². The van der Waals surface area contributed by atoms with Crippen LogP contribution in [0.15, 0.2) is 11.2 Å². The number of anilines is 1. The van der Waals surface area contributed by atoms with Gasteiger partial charge >= 0.3 is 0 Å². The first-order valence-corrected chi connectivity index (χ1v) is 6.44. The summed E-state index contributed by atoms with van der Waals surface area (Å²) in [5.74, 6) is 2.61. The minimum Gasteiger partial charge on any atom is -0.370 e. The van der Waals surface area contributed by atoms with Crippen LogP contribution < -0.4 is 11.1 Å². The van der Waals surface area contributed by atoms with E-state index in [1.54, 1.807) is 18.0 Å². The van der Waals surface area contributed by atoms with Crippen LogP contribution in [0.25, 0.3) is 0 Å². The van der Waals surface area contributed by atoms with Crippen LogP contribution in [0.5, 0.6) is 0 Å². The molecule has 108 valence electrons. The summed E-state index contributed by atoms with van der Waals surface area (Å²) < 4.78 is 0. The Hall–Kier alpha value is -2.45. The molecule has 0 radical (unpaired) electrons. The van der Waals surface area contributed by atoms with E-state index in [9.17, 15) is 0 Å². The summed E-state index contributed by atoms with van der Waals surface area (Å²) in [4.78, 5) is 9.69. The zero-order valence-corrected chi connectivity index (χ0v) is 11.7. The van der Waals surface area contributed by atoms with E-state index in [0.717, 1.165) is 37.5 Å². The summed E-state index contributed by atoms with van der Waals surface area (Å²) in [6.07, 6.45) is 4.42. The molecule has 0 bridgehead atoms. The highest BCUT2D eigenvalue weighted by Crippen LogP contribution is 2.03. The van der Waals surface area contributed by atoms with Gasteiger partial charge < -0.3 is 11.1 Å². The van der Waals surface area contributed by atoms with Crippen molar-refractivity contribution in [1.82, 2.24) is 30.2 Å². The highest BCUT2D eigenvalue weighted by atomic mass is 15.5. The topological polar surface area (TPSA) is 123 Å². The zero-order chi connectivity index (χ0) is 14.4. The van der Waals surface area contributed by atoms with Crippen LogP contribution in [0, 0.1) is 6.92 Å².